The SMILES string of the molecule is CNc1ccccc1C(Cc1nnc(CN2c3ccccc3CC23CCCN3)c2ccccc12)C1CCCN1C. The minimum atomic E-state index is -0.0137. The first-order valence-electron chi connectivity index (χ1n) is 15.0. The summed E-state index contributed by atoms with van der Waals surface area (Å²) in [6, 6.07) is 27.0. The maximum Gasteiger partial charge on any atom is 0.0954 e. The third-order valence-corrected chi connectivity index (χ3v) is 9.74. The number of likely N-dealkylation sites (tertiary alicyclic amines) is 1. The van der Waals surface area contributed by atoms with Crippen molar-refractivity contribution in [3.8, 4) is 0 Å². The van der Waals surface area contributed by atoms with Crippen molar-refractivity contribution in [3.63, 3.8) is 0 Å². The average Bonchev–Trinajstić information content (AvgIpc) is 3.72. The second kappa shape index (κ2) is 10.5. The van der Waals surface area contributed by atoms with Gasteiger partial charge in [0, 0.05) is 54.0 Å². The van der Waals surface area contributed by atoms with Crippen molar-refractivity contribution < 1.29 is 0 Å². The maximum absolute atomic E-state index is 5.00. The molecule has 6 nitrogen and oxygen atoms in total. The molecule has 0 aliphatic carbocycles. The lowest BCUT2D eigenvalue weighted by molar-refractivity contribution is 0.268. The molecule has 40 heavy (non-hydrogen) atoms. The van der Waals surface area contributed by atoms with Crippen molar-refractivity contribution in [1.29, 1.82) is 0 Å². The maximum atomic E-state index is 5.00. The van der Waals surface area contributed by atoms with Gasteiger partial charge in [0.05, 0.1) is 23.6 Å². The van der Waals surface area contributed by atoms with Crippen molar-refractivity contribution in [2.24, 2.45) is 0 Å². The third-order valence-electron chi connectivity index (χ3n) is 9.74. The summed E-state index contributed by atoms with van der Waals surface area (Å²) in [5, 5.41) is 19.8. The molecule has 2 saturated heterocycles. The van der Waals surface area contributed by atoms with Crippen LogP contribution in [0, 0.1) is 0 Å². The van der Waals surface area contributed by atoms with Gasteiger partial charge in [-0.15, -0.1) is 0 Å². The summed E-state index contributed by atoms with van der Waals surface area (Å²) >= 11 is 0. The summed E-state index contributed by atoms with van der Waals surface area (Å²) in [6.45, 7) is 2.98. The van der Waals surface area contributed by atoms with Gasteiger partial charge in [-0.05, 0) is 69.1 Å². The van der Waals surface area contributed by atoms with Crippen molar-refractivity contribution in [2.75, 3.05) is 37.4 Å². The first-order valence-corrected chi connectivity index (χ1v) is 15.0. The fourth-order valence-corrected chi connectivity index (χ4v) is 7.76. The number of likely N-dealkylation sites (N-methyl/N-ethyl adjacent to an activating group) is 1. The lowest BCUT2D eigenvalue weighted by Gasteiger charge is -2.37. The molecule has 4 heterocycles. The van der Waals surface area contributed by atoms with Crippen LogP contribution in [-0.2, 0) is 19.4 Å². The Labute approximate surface area is 237 Å². The Morgan fingerprint density at radius 2 is 1.70 bits per heavy atom. The monoisotopic (exact) mass is 532 g/mol. The minimum Gasteiger partial charge on any atom is -0.388 e. The number of hydrogen-bond donors (Lipinski definition) is 2. The van der Waals surface area contributed by atoms with Crippen LogP contribution in [0.1, 0.15) is 54.1 Å². The summed E-state index contributed by atoms with van der Waals surface area (Å²) in [6.07, 6.45) is 6.76. The molecule has 0 radical (unpaired) electrons. The van der Waals surface area contributed by atoms with Crippen molar-refractivity contribution in [2.45, 2.75) is 62.7 Å². The van der Waals surface area contributed by atoms with Crippen LogP contribution in [0.2, 0.25) is 0 Å². The number of nitrogens with zero attached hydrogens (tertiary/aromatic N) is 4. The number of hydrogen-bond acceptors (Lipinski definition) is 6. The van der Waals surface area contributed by atoms with Crippen molar-refractivity contribution in [1.82, 2.24) is 20.4 Å². The zero-order valence-electron chi connectivity index (χ0n) is 23.7. The highest BCUT2D eigenvalue weighted by Crippen LogP contribution is 2.43. The van der Waals surface area contributed by atoms with Crippen LogP contribution in [0.3, 0.4) is 0 Å². The third kappa shape index (κ3) is 4.34. The average molecular weight is 533 g/mol. The first-order chi connectivity index (χ1) is 19.7. The molecular weight excluding hydrogens is 492 g/mol. The van der Waals surface area contributed by atoms with E-state index in [9.17, 15) is 0 Å². The van der Waals surface area contributed by atoms with Gasteiger partial charge in [0.25, 0.3) is 0 Å². The summed E-state index contributed by atoms with van der Waals surface area (Å²) in [4.78, 5) is 5.12. The van der Waals surface area contributed by atoms with Gasteiger partial charge < -0.3 is 15.1 Å². The Morgan fingerprint density at radius 1 is 0.950 bits per heavy atom. The van der Waals surface area contributed by atoms with Crippen LogP contribution in [0.5, 0.6) is 0 Å². The molecule has 7 rings (SSSR count). The molecule has 0 amide bonds. The van der Waals surface area contributed by atoms with Gasteiger partial charge >= 0.3 is 0 Å². The molecule has 3 atom stereocenters. The number of para-hydroxylation sites is 2. The van der Waals surface area contributed by atoms with Gasteiger partial charge in [-0.25, -0.2) is 0 Å². The van der Waals surface area contributed by atoms with E-state index < -0.39 is 0 Å². The molecule has 6 heteroatoms. The summed E-state index contributed by atoms with van der Waals surface area (Å²) in [5.74, 6) is 0.344. The van der Waals surface area contributed by atoms with Gasteiger partial charge in [-0.3, -0.25) is 5.32 Å². The fraction of sp³-hybridized carbons (Fsp3) is 0.412. The van der Waals surface area contributed by atoms with Gasteiger partial charge in [-0.1, -0.05) is 60.7 Å². The van der Waals surface area contributed by atoms with Crippen LogP contribution < -0.4 is 15.5 Å². The van der Waals surface area contributed by atoms with E-state index in [4.69, 9.17) is 10.2 Å². The van der Waals surface area contributed by atoms with Crippen LogP contribution in [0.4, 0.5) is 11.4 Å². The van der Waals surface area contributed by atoms with E-state index >= 15 is 0 Å². The van der Waals surface area contributed by atoms with Crippen molar-refractivity contribution in [3.05, 3.63) is 95.3 Å². The van der Waals surface area contributed by atoms with Gasteiger partial charge in [-0.2, -0.15) is 10.2 Å². The lowest BCUT2D eigenvalue weighted by atomic mass is 9.84. The van der Waals surface area contributed by atoms with Gasteiger partial charge in [0.2, 0.25) is 0 Å². The predicted octanol–water partition coefficient (Wildman–Crippen LogP) is 5.73. The lowest BCUT2D eigenvalue weighted by Crippen LogP contribution is -2.53. The second-order valence-corrected chi connectivity index (χ2v) is 11.9. The highest BCUT2D eigenvalue weighted by atomic mass is 15.4. The van der Waals surface area contributed by atoms with Crippen LogP contribution in [0.15, 0.2) is 72.8 Å². The Bertz CT molecular complexity index is 1510. The summed E-state index contributed by atoms with van der Waals surface area (Å²) in [5.41, 5.74) is 7.50. The minimum absolute atomic E-state index is 0.0137. The van der Waals surface area contributed by atoms with Gasteiger partial charge in [0.1, 0.15) is 0 Å². The van der Waals surface area contributed by atoms with Gasteiger partial charge in [0.15, 0.2) is 0 Å². The van der Waals surface area contributed by atoms with E-state index in [1.807, 2.05) is 7.05 Å². The number of anilines is 2. The highest BCUT2D eigenvalue weighted by molar-refractivity contribution is 5.87. The molecular formula is C34H40N6. The van der Waals surface area contributed by atoms with E-state index in [2.05, 4.69) is 100 Å². The standard InChI is InChI=1S/C34H40N6/c1-35-29-15-7-6-14-27(29)28(33-17-9-20-39(33)2)21-30-25-12-4-5-13-26(25)31(38-37-30)23-40-32-16-8-3-11-24(32)22-34(40)18-10-19-36-34/h3-8,11-16,28,33,35-36H,9-10,17-23H2,1-2H3. The van der Waals surface area contributed by atoms with Crippen LogP contribution in [-0.4, -0.2) is 54.0 Å². The van der Waals surface area contributed by atoms with E-state index in [0.29, 0.717) is 12.0 Å². The van der Waals surface area contributed by atoms with Crippen LogP contribution in [0.25, 0.3) is 10.8 Å². The predicted molar refractivity (Wildman–Crippen MR) is 164 cm³/mol. The van der Waals surface area contributed by atoms with Crippen LogP contribution >= 0.6 is 0 Å². The molecule has 2 fully saturated rings. The molecule has 4 aromatic rings. The molecule has 2 N–H and O–H groups in total. The molecule has 1 spiro atoms. The van der Waals surface area contributed by atoms with E-state index in [1.165, 1.54) is 52.5 Å². The number of aromatic nitrogens is 2. The molecule has 206 valence electrons. The van der Waals surface area contributed by atoms with E-state index in [0.717, 1.165) is 50.3 Å². The largest absolute Gasteiger partial charge is 0.388 e. The topological polar surface area (TPSA) is 56.3 Å². The normalized spacial score (nSPS) is 23.2. The fourth-order valence-electron chi connectivity index (χ4n) is 7.76. The van der Waals surface area contributed by atoms with E-state index in [-0.39, 0.29) is 5.66 Å². The molecule has 3 aromatic carbocycles. The smallest absolute Gasteiger partial charge is 0.0954 e. The molecule has 1 aromatic heterocycles. The zero-order valence-corrected chi connectivity index (χ0v) is 23.7. The number of rotatable bonds is 7. The Hall–Kier alpha value is -3.48. The Balaban J connectivity index is 1.27. The second-order valence-electron chi connectivity index (χ2n) is 11.9. The Kier molecular flexibility index (Phi) is 6.68. The summed E-state index contributed by atoms with van der Waals surface area (Å²) < 4.78 is 0. The highest BCUT2D eigenvalue weighted by Gasteiger charge is 2.45. The molecule has 3 unspecified atom stereocenters. The molecule has 0 saturated carbocycles. The molecule has 3 aliphatic heterocycles. The number of fused-ring (bicyclic) bond motifs is 2. The molecule has 3 aliphatic rings. The first kappa shape index (κ1) is 25.5. The van der Waals surface area contributed by atoms with E-state index in [1.54, 1.807) is 0 Å². The Morgan fingerprint density at radius 3 is 2.48 bits per heavy atom. The quantitative estimate of drug-likeness (QED) is 0.317. The van der Waals surface area contributed by atoms with Crippen molar-refractivity contribution >= 4 is 22.1 Å². The number of benzene rings is 3. The zero-order chi connectivity index (χ0) is 27.1. The summed E-state index contributed by atoms with van der Waals surface area (Å²) in [7, 11) is 4.31. The number of nitrogens with one attached hydrogen (secondary N) is 2. The molecule has 0 bridgehead atoms.